The minimum Gasteiger partial charge on any atom is -0.387 e. The van der Waals surface area contributed by atoms with E-state index >= 15 is 0 Å². The number of nitrogens with two attached hydrogens (primary N) is 1. The molecule has 2 aromatic rings. The molecule has 4 heteroatoms. The van der Waals surface area contributed by atoms with Gasteiger partial charge in [0, 0.05) is 22.6 Å². The number of aromatic amines is 1. The molecule has 0 saturated carbocycles. The van der Waals surface area contributed by atoms with E-state index < -0.39 is 0 Å². The summed E-state index contributed by atoms with van der Waals surface area (Å²) >= 11 is 1.71. The Labute approximate surface area is 98.9 Å². The zero-order valence-electron chi connectivity index (χ0n) is 9.16. The molecule has 0 saturated heterocycles. The number of fused-ring (bicyclic) bond motifs is 1. The summed E-state index contributed by atoms with van der Waals surface area (Å²) in [6.45, 7) is 1.97. The van der Waals surface area contributed by atoms with Crippen molar-refractivity contribution in [1.29, 1.82) is 5.41 Å². The van der Waals surface area contributed by atoms with Crippen LogP contribution in [0.15, 0.2) is 35.4 Å². The predicted octanol–water partition coefficient (Wildman–Crippen LogP) is 2.83. The van der Waals surface area contributed by atoms with E-state index in [0.29, 0.717) is 0 Å². The van der Waals surface area contributed by atoms with Gasteiger partial charge in [0.05, 0.1) is 10.9 Å². The molecule has 1 atom stereocenters. The van der Waals surface area contributed by atoms with Crippen molar-refractivity contribution in [3.63, 3.8) is 0 Å². The molecule has 84 valence electrons. The highest BCUT2D eigenvalue weighted by Crippen LogP contribution is 2.24. The molecule has 0 aliphatic heterocycles. The number of hydrogen-bond acceptors (Lipinski definition) is 2. The van der Waals surface area contributed by atoms with Crippen molar-refractivity contribution >= 4 is 28.5 Å². The van der Waals surface area contributed by atoms with Gasteiger partial charge >= 0.3 is 0 Å². The predicted molar refractivity (Wildman–Crippen MR) is 70.1 cm³/mol. The van der Waals surface area contributed by atoms with Gasteiger partial charge in [-0.15, -0.1) is 11.8 Å². The van der Waals surface area contributed by atoms with Crippen molar-refractivity contribution < 1.29 is 0 Å². The van der Waals surface area contributed by atoms with Gasteiger partial charge in [-0.3, -0.25) is 5.41 Å². The van der Waals surface area contributed by atoms with E-state index in [0.717, 1.165) is 16.3 Å². The van der Waals surface area contributed by atoms with Crippen molar-refractivity contribution in [3.8, 4) is 0 Å². The number of amidine groups is 1. The van der Waals surface area contributed by atoms with E-state index in [9.17, 15) is 0 Å². The number of rotatable bonds is 4. The number of nitrogens with one attached hydrogen (secondary N) is 2. The highest BCUT2D eigenvalue weighted by atomic mass is 32.2. The highest BCUT2D eigenvalue weighted by molar-refractivity contribution is 7.99. The molecule has 1 aromatic heterocycles. The molecular weight excluding hydrogens is 218 g/mol. The largest absolute Gasteiger partial charge is 0.387 e. The summed E-state index contributed by atoms with van der Waals surface area (Å²) < 4.78 is 0. The lowest BCUT2D eigenvalue weighted by Gasteiger charge is -2.06. The van der Waals surface area contributed by atoms with Crippen LogP contribution >= 0.6 is 11.8 Å². The highest BCUT2D eigenvalue weighted by Gasteiger charge is 2.07. The fourth-order valence-corrected chi connectivity index (χ4v) is 2.43. The second-order valence-electron chi connectivity index (χ2n) is 3.89. The Morgan fingerprint density at radius 1 is 1.50 bits per heavy atom. The van der Waals surface area contributed by atoms with Crippen LogP contribution in [0.1, 0.15) is 6.92 Å². The van der Waals surface area contributed by atoms with Crippen LogP contribution in [0.5, 0.6) is 0 Å². The SMILES string of the molecule is CC(CSc1cc2ccccc2[nH]1)C(=N)N. The van der Waals surface area contributed by atoms with Gasteiger partial charge in [0.2, 0.25) is 0 Å². The molecule has 4 N–H and O–H groups in total. The smallest absolute Gasteiger partial charge is 0.0942 e. The second kappa shape index (κ2) is 4.61. The number of hydrogen-bond donors (Lipinski definition) is 3. The first-order valence-corrected chi connectivity index (χ1v) is 6.20. The molecule has 0 bridgehead atoms. The van der Waals surface area contributed by atoms with Crippen LogP contribution in [-0.4, -0.2) is 16.6 Å². The fourth-order valence-electron chi connectivity index (χ4n) is 1.43. The van der Waals surface area contributed by atoms with Crippen LogP contribution in [0.4, 0.5) is 0 Å². The molecule has 0 spiro atoms. The summed E-state index contributed by atoms with van der Waals surface area (Å²) in [5.74, 6) is 1.21. The first-order valence-electron chi connectivity index (χ1n) is 5.21. The monoisotopic (exact) mass is 233 g/mol. The molecule has 1 unspecified atom stereocenters. The molecule has 0 fully saturated rings. The van der Waals surface area contributed by atoms with E-state index in [1.807, 2.05) is 19.1 Å². The number of thioether (sulfide) groups is 1. The Morgan fingerprint density at radius 2 is 2.25 bits per heavy atom. The lowest BCUT2D eigenvalue weighted by atomic mass is 10.2. The van der Waals surface area contributed by atoms with Crippen molar-refractivity contribution in [2.24, 2.45) is 11.7 Å². The molecular formula is C12H15N3S. The van der Waals surface area contributed by atoms with Crippen molar-refractivity contribution in [1.82, 2.24) is 4.98 Å². The number of para-hydroxylation sites is 1. The summed E-state index contributed by atoms with van der Waals surface area (Å²) in [6.07, 6.45) is 0. The second-order valence-corrected chi connectivity index (χ2v) is 4.95. The normalized spacial score (nSPS) is 12.8. The molecule has 1 aromatic carbocycles. The van der Waals surface area contributed by atoms with Crippen molar-refractivity contribution in [2.45, 2.75) is 11.9 Å². The lowest BCUT2D eigenvalue weighted by Crippen LogP contribution is -2.21. The maximum atomic E-state index is 7.33. The zero-order valence-corrected chi connectivity index (χ0v) is 9.97. The van der Waals surface area contributed by atoms with E-state index in [1.165, 1.54) is 5.39 Å². The van der Waals surface area contributed by atoms with Gasteiger partial charge in [-0.05, 0) is 12.1 Å². The molecule has 2 rings (SSSR count). The number of H-pyrrole nitrogens is 1. The average molecular weight is 233 g/mol. The van der Waals surface area contributed by atoms with Crippen LogP contribution < -0.4 is 5.73 Å². The van der Waals surface area contributed by atoms with Crippen molar-refractivity contribution in [2.75, 3.05) is 5.75 Å². The van der Waals surface area contributed by atoms with Crippen LogP contribution in [0, 0.1) is 11.3 Å². The van der Waals surface area contributed by atoms with Crippen LogP contribution in [-0.2, 0) is 0 Å². The third-order valence-corrected chi connectivity index (χ3v) is 3.72. The quantitative estimate of drug-likeness (QED) is 0.432. The lowest BCUT2D eigenvalue weighted by molar-refractivity contribution is 0.878. The summed E-state index contributed by atoms with van der Waals surface area (Å²) in [7, 11) is 0. The average Bonchev–Trinajstić information content (AvgIpc) is 2.68. The number of aromatic nitrogens is 1. The van der Waals surface area contributed by atoms with Crippen molar-refractivity contribution in [3.05, 3.63) is 30.3 Å². The van der Waals surface area contributed by atoms with E-state index in [4.69, 9.17) is 11.1 Å². The Kier molecular flexibility index (Phi) is 3.19. The van der Waals surface area contributed by atoms with Gasteiger partial charge in [0.15, 0.2) is 0 Å². The molecule has 0 amide bonds. The summed E-state index contributed by atoms with van der Waals surface area (Å²) in [5.41, 5.74) is 6.59. The molecule has 0 radical (unpaired) electrons. The van der Waals surface area contributed by atoms with Crippen LogP contribution in [0.2, 0.25) is 0 Å². The molecule has 16 heavy (non-hydrogen) atoms. The molecule has 0 aliphatic rings. The Balaban J connectivity index is 2.07. The molecule has 1 heterocycles. The Hall–Kier alpha value is -1.42. The maximum Gasteiger partial charge on any atom is 0.0942 e. The van der Waals surface area contributed by atoms with Gasteiger partial charge < -0.3 is 10.7 Å². The summed E-state index contributed by atoms with van der Waals surface area (Å²) in [4.78, 5) is 3.34. The standard InChI is InChI=1S/C12H15N3S/c1-8(12(13)14)7-16-11-6-9-4-2-3-5-10(9)15-11/h2-6,8,15H,7H2,1H3,(H3,13,14). The maximum absolute atomic E-state index is 7.33. The topological polar surface area (TPSA) is 65.7 Å². The third-order valence-electron chi connectivity index (χ3n) is 2.53. The third kappa shape index (κ3) is 2.39. The van der Waals surface area contributed by atoms with Gasteiger partial charge in [-0.1, -0.05) is 25.1 Å². The molecule has 0 aliphatic carbocycles. The zero-order chi connectivity index (χ0) is 11.5. The number of benzene rings is 1. The van der Waals surface area contributed by atoms with Crippen LogP contribution in [0.25, 0.3) is 10.9 Å². The van der Waals surface area contributed by atoms with Gasteiger partial charge in [0.25, 0.3) is 0 Å². The Morgan fingerprint density at radius 3 is 2.94 bits per heavy atom. The summed E-state index contributed by atoms with van der Waals surface area (Å²) in [6, 6.07) is 10.3. The molecule has 3 nitrogen and oxygen atoms in total. The first-order chi connectivity index (χ1) is 7.66. The summed E-state index contributed by atoms with van der Waals surface area (Å²) in [5, 5.41) is 9.68. The van der Waals surface area contributed by atoms with Crippen LogP contribution in [0.3, 0.4) is 0 Å². The van der Waals surface area contributed by atoms with E-state index in [1.54, 1.807) is 11.8 Å². The van der Waals surface area contributed by atoms with E-state index in [-0.39, 0.29) is 11.8 Å². The van der Waals surface area contributed by atoms with Gasteiger partial charge in [-0.25, -0.2) is 0 Å². The fraction of sp³-hybridized carbons (Fsp3) is 0.250. The van der Waals surface area contributed by atoms with E-state index in [2.05, 4.69) is 23.2 Å². The van der Waals surface area contributed by atoms with Gasteiger partial charge in [0.1, 0.15) is 0 Å². The Bertz CT molecular complexity index is 471. The minimum atomic E-state index is 0.122. The first kappa shape index (κ1) is 11.1. The van der Waals surface area contributed by atoms with Gasteiger partial charge in [-0.2, -0.15) is 0 Å². The minimum absolute atomic E-state index is 0.122.